The third kappa shape index (κ3) is 3.71. The first-order chi connectivity index (χ1) is 13.5. The Morgan fingerprint density at radius 1 is 1.07 bits per heavy atom. The van der Waals surface area contributed by atoms with Crippen molar-refractivity contribution in [2.45, 2.75) is 12.5 Å². The Labute approximate surface area is 159 Å². The number of hydrogen-bond donors (Lipinski definition) is 2. The Morgan fingerprint density at radius 3 is 2.61 bits per heavy atom. The number of carbonyl (C=O) groups excluding carboxylic acids is 1. The fourth-order valence-corrected chi connectivity index (χ4v) is 3.24. The van der Waals surface area contributed by atoms with E-state index in [0.29, 0.717) is 19.5 Å². The first-order valence-electron chi connectivity index (χ1n) is 8.82. The number of nitrogens with one attached hydrogen (secondary N) is 2. The van der Waals surface area contributed by atoms with Crippen molar-refractivity contribution in [2.24, 2.45) is 0 Å². The fraction of sp³-hybridized carbons (Fsp3) is 0.200. The Morgan fingerprint density at radius 2 is 1.86 bits per heavy atom. The molecule has 144 valence electrons. The quantitative estimate of drug-likeness (QED) is 0.722. The van der Waals surface area contributed by atoms with Gasteiger partial charge in [-0.05, 0) is 54.4 Å². The minimum Gasteiger partial charge on any atom is -0.353 e. The lowest BCUT2D eigenvalue weighted by molar-refractivity contribution is 0.0940. The number of amides is 1. The molecule has 2 aromatic carbocycles. The van der Waals surface area contributed by atoms with Gasteiger partial charge < -0.3 is 10.2 Å². The van der Waals surface area contributed by atoms with Crippen LogP contribution < -0.4 is 10.2 Å². The van der Waals surface area contributed by atoms with Gasteiger partial charge in [0, 0.05) is 30.8 Å². The van der Waals surface area contributed by atoms with Gasteiger partial charge in [0.1, 0.15) is 5.82 Å². The van der Waals surface area contributed by atoms with Gasteiger partial charge in [-0.3, -0.25) is 9.89 Å². The summed E-state index contributed by atoms with van der Waals surface area (Å²) < 4.78 is 39.4. The summed E-state index contributed by atoms with van der Waals surface area (Å²) in [5.41, 5.74) is 1.67. The number of carbonyl (C=O) groups is 1. The SMILES string of the molecule is O=C(NC1CCN(c2cc(-c3ccc(F)cc3)[nH]n2)C1)c1ccc(F)c(F)c1. The second-order valence-corrected chi connectivity index (χ2v) is 6.68. The van der Waals surface area contributed by atoms with Crippen LogP contribution in [0.1, 0.15) is 16.8 Å². The maximum absolute atomic E-state index is 13.3. The molecule has 4 rings (SSSR count). The zero-order valence-electron chi connectivity index (χ0n) is 14.8. The normalized spacial score (nSPS) is 16.4. The predicted octanol–water partition coefficient (Wildman–Crippen LogP) is 3.50. The summed E-state index contributed by atoms with van der Waals surface area (Å²) in [5.74, 6) is -2.06. The van der Waals surface area contributed by atoms with Crippen molar-refractivity contribution in [2.75, 3.05) is 18.0 Å². The van der Waals surface area contributed by atoms with Gasteiger partial charge in [-0.15, -0.1) is 0 Å². The highest BCUT2D eigenvalue weighted by Gasteiger charge is 2.26. The molecular formula is C20H17F3N4O. The molecule has 1 aliphatic rings. The summed E-state index contributed by atoms with van der Waals surface area (Å²) in [7, 11) is 0. The number of aromatic nitrogens is 2. The van der Waals surface area contributed by atoms with Crippen LogP contribution in [0.5, 0.6) is 0 Å². The number of nitrogens with zero attached hydrogens (tertiary/aromatic N) is 2. The van der Waals surface area contributed by atoms with E-state index in [1.165, 1.54) is 18.2 Å². The molecule has 1 amide bonds. The Balaban J connectivity index is 1.39. The number of rotatable bonds is 4. The minimum atomic E-state index is -1.05. The van der Waals surface area contributed by atoms with Gasteiger partial charge in [0.05, 0.1) is 5.69 Å². The molecule has 1 atom stereocenters. The third-order valence-corrected chi connectivity index (χ3v) is 4.75. The Hall–Kier alpha value is -3.29. The fourth-order valence-electron chi connectivity index (χ4n) is 3.24. The summed E-state index contributed by atoms with van der Waals surface area (Å²) in [6, 6.07) is 10.9. The average molecular weight is 386 g/mol. The number of aromatic amines is 1. The zero-order valence-corrected chi connectivity index (χ0v) is 14.8. The van der Waals surface area contributed by atoms with Gasteiger partial charge in [0.25, 0.3) is 5.91 Å². The van der Waals surface area contributed by atoms with Crippen molar-refractivity contribution in [1.29, 1.82) is 0 Å². The van der Waals surface area contributed by atoms with Gasteiger partial charge in [-0.25, -0.2) is 13.2 Å². The molecule has 1 saturated heterocycles. The molecule has 1 aromatic heterocycles. The Bertz CT molecular complexity index is 1000. The highest BCUT2D eigenvalue weighted by molar-refractivity contribution is 5.94. The van der Waals surface area contributed by atoms with Gasteiger partial charge in [0.2, 0.25) is 0 Å². The number of anilines is 1. The lowest BCUT2D eigenvalue weighted by Crippen LogP contribution is -2.37. The molecule has 0 spiro atoms. The van der Waals surface area contributed by atoms with E-state index < -0.39 is 17.5 Å². The molecule has 28 heavy (non-hydrogen) atoms. The molecule has 8 heteroatoms. The number of hydrogen-bond acceptors (Lipinski definition) is 3. The van der Waals surface area contributed by atoms with Crippen molar-refractivity contribution in [3.8, 4) is 11.3 Å². The second-order valence-electron chi connectivity index (χ2n) is 6.68. The van der Waals surface area contributed by atoms with Crippen LogP contribution in [0.3, 0.4) is 0 Å². The summed E-state index contributed by atoms with van der Waals surface area (Å²) >= 11 is 0. The lowest BCUT2D eigenvalue weighted by Gasteiger charge is -2.16. The number of benzene rings is 2. The Kier molecular flexibility index (Phi) is 4.77. The van der Waals surface area contributed by atoms with E-state index >= 15 is 0 Å². The van der Waals surface area contributed by atoms with Crippen LogP contribution in [-0.2, 0) is 0 Å². The molecule has 2 N–H and O–H groups in total. The molecule has 2 heterocycles. The molecule has 5 nitrogen and oxygen atoms in total. The van der Waals surface area contributed by atoms with Gasteiger partial charge >= 0.3 is 0 Å². The number of halogens is 3. The van der Waals surface area contributed by atoms with Crippen LogP contribution in [0.25, 0.3) is 11.3 Å². The standard InChI is InChI=1S/C20H17F3N4O/c21-14-4-1-12(2-5-14)18-10-19(26-25-18)27-8-7-15(11-27)24-20(28)13-3-6-16(22)17(23)9-13/h1-6,9-10,15H,7-8,11H2,(H,24,28)(H,25,26). The van der Waals surface area contributed by atoms with Crippen molar-refractivity contribution >= 4 is 11.7 Å². The summed E-state index contributed by atoms with van der Waals surface area (Å²) in [6.07, 6.45) is 0.703. The maximum Gasteiger partial charge on any atom is 0.251 e. The summed E-state index contributed by atoms with van der Waals surface area (Å²) in [5, 5.41) is 10.1. The first kappa shape index (κ1) is 18.1. The van der Waals surface area contributed by atoms with Crippen molar-refractivity contribution in [1.82, 2.24) is 15.5 Å². The van der Waals surface area contributed by atoms with Gasteiger partial charge in [-0.2, -0.15) is 5.10 Å². The van der Waals surface area contributed by atoms with E-state index in [9.17, 15) is 18.0 Å². The van der Waals surface area contributed by atoms with Gasteiger partial charge in [0.15, 0.2) is 17.5 Å². The second kappa shape index (κ2) is 7.38. The lowest BCUT2D eigenvalue weighted by atomic mass is 10.1. The van der Waals surface area contributed by atoms with Crippen LogP contribution >= 0.6 is 0 Å². The topological polar surface area (TPSA) is 61.0 Å². The zero-order chi connectivity index (χ0) is 19.7. The van der Waals surface area contributed by atoms with Crippen molar-refractivity contribution < 1.29 is 18.0 Å². The van der Waals surface area contributed by atoms with Crippen LogP contribution in [0.2, 0.25) is 0 Å². The maximum atomic E-state index is 13.3. The molecule has 0 aliphatic carbocycles. The smallest absolute Gasteiger partial charge is 0.251 e. The van der Waals surface area contributed by atoms with E-state index in [2.05, 4.69) is 15.5 Å². The summed E-state index contributed by atoms with van der Waals surface area (Å²) in [6.45, 7) is 1.24. The van der Waals surface area contributed by atoms with Crippen LogP contribution in [-0.4, -0.2) is 35.2 Å². The highest BCUT2D eigenvalue weighted by Crippen LogP contribution is 2.24. The van der Waals surface area contributed by atoms with Crippen molar-refractivity contribution in [3.63, 3.8) is 0 Å². The largest absolute Gasteiger partial charge is 0.353 e. The highest BCUT2D eigenvalue weighted by atomic mass is 19.2. The molecule has 0 saturated carbocycles. The molecular weight excluding hydrogens is 369 g/mol. The monoisotopic (exact) mass is 386 g/mol. The van der Waals surface area contributed by atoms with E-state index in [4.69, 9.17) is 0 Å². The molecule has 1 unspecified atom stereocenters. The molecule has 1 fully saturated rings. The van der Waals surface area contributed by atoms with E-state index in [1.807, 2.05) is 11.0 Å². The summed E-state index contributed by atoms with van der Waals surface area (Å²) in [4.78, 5) is 14.3. The van der Waals surface area contributed by atoms with Crippen LogP contribution in [0.4, 0.5) is 19.0 Å². The molecule has 0 bridgehead atoms. The van der Waals surface area contributed by atoms with E-state index in [1.54, 1.807) is 12.1 Å². The van der Waals surface area contributed by atoms with Crippen LogP contribution in [0.15, 0.2) is 48.5 Å². The number of H-pyrrole nitrogens is 1. The van der Waals surface area contributed by atoms with E-state index in [-0.39, 0.29) is 17.4 Å². The predicted molar refractivity (Wildman–Crippen MR) is 98.4 cm³/mol. The third-order valence-electron chi connectivity index (χ3n) is 4.75. The average Bonchev–Trinajstić information content (AvgIpc) is 3.34. The first-order valence-corrected chi connectivity index (χ1v) is 8.82. The molecule has 0 radical (unpaired) electrons. The van der Waals surface area contributed by atoms with Crippen molar-refractivity contribution in [3.05, 3.63) is 71.5 Å². The molecule has 3 aromatic rings. The molecule has 1 aliphatic heterocycles. The minimum absolute atomic E-state index is 0.0794. The van der Waals surface area contributed by atoms with Gasteiger partial charge in [-0.1, -0.05) is 0 Å². The van der Waals surface area contributed by atoms with Crippen LogP contribution in [0, 0.1) is 17.5 Å². The van der Waals surface area contributed by atoms with E-state index in [0.717, 1.165) is 29.2 Å².